The van der Waals surface area contributed by atoms with Crippen molar-refractivity contribution in [1.82, 2.24) is 10.1 Å². The summed E-state index contributed by atoms with van der Waals surface area (Å²) in [4.78, 5) is 13.9. The molecule has 0 saturated carbocycles. The summed E-state index contributed by atoms with van der Waals surface area (Å²) in [6, 6.07) is 22.1. The number of ketones is 1. The summed E-state index contributed by atoms with van der Waals surface area (Å²) in [6.45, 7) is 5.00. The maximum Gasteiger partial charge on any atom is 0.189 e. The van der Waals surface area contributed by atoms with Gasteiger partial charge in [-0.2, -0.15) is 0 Å². The predicted molar refractivity (Wildman–Crippen MR) is 139 cm³/mol. The van der Waals surface area contributed by atoms with E-state index in [1.165, 1.54) is 17.7 Å². The lowest BCUT2D eigenvalue weighted by Gasteiger charge is -2.33. The third kappa shape index (κ3) is 6.24. The first-order valence-corrected chi connectivity index (χ1v) is 12.7. The molecule has 0 radical (unpaired) electrons. The molecule has 1 atom stereocenters. The molecule has 1 unspecified atom stereocenters. The lowest BCUT2D eigenvalue weighted by atomic mass is 9.90. The van der Waals surface area contributed by atoms with Gasteiger partial charge in [-0.15, -0.1) is 0 Å². The first-order valence-electron chi connectivity index (χ1n) is 12.7. The van der Waals surface area contributed by atoms with E-state index in [2.05, 4.69) is 34.3 Å². The number of nitrogens with zero attached hydrogens (tertiary/aromatic N) is 2. The lowest BCUT2D eigenvalue weighted by molar-refractivity contribution is 0.00326. The highest BCUT2D eigenvalue weighted by Gasteiger charge is 2.27. The van der Waals surface area contributed by atoms with Gasteiger partial charge in [-0.3, -0.25) is 4.79 Å². The molecule has 1 aliphatic heterocycles. The Kier molecular flexibility index (Phi) is 7.92. The molecule has 1 saturated heterocycles. The number of aromatic nitrogens is 1. The van der Waals surface area contributed by atoms with Gasteiger partial charge in [-0.05, 0) is 74.8 Å². The number of likely N-dealkylation sites (tertiary alicyclic amines) is 1. The van der Waals surface area contributed by atoms with E-state index >= 15 is 0 Å². The van der Waals surface area contributed by atoms with Gasteiger partial charge in [0.2, 0.25) is 0 Å². The number of piperidine rings is 1. The molecule has 0 spiro atoms. The number of carbonyl (C=O) groups is 1. The van der Waals surface area contributed by atoms with Gasteiger partial charge in [0.1, 0.15) is 11.6 Å². The highest BCUT2D eigenvalue weighted by Crippen LogP contribution is 2.33. The van der Waals surface area contributed by atoms with Gasteiger partial charge in [-0.1, -0.05) is 35.5 Å². The van der Waals surface area contributed by atoms with Crippen molar-refractivity contribution in [3.05, 3.63) is 95.4 Å². The van der Waals surface area contributed by atoms with E-state index in [-0.39, 0.29) is 24.3 Å². The monoisotopic (exact) mass is 502 g/mol. The quantitative estimate of drug-likeness (QED) is 0.146. The Bertz CT molecular complexity index is 1310. The van der Waals surface area contributed by atoms with Gasteiger partial charge in [0.25, 0.3) is 0 Å². The topological polar surface area (TPSA) is 64.8 Å². The molecule has 1 fully saturated rings. The number of carbonyl (C=O) groups excluding carboxylic acids is 1. The third-order valence-corrected chi connectivity index (χ3v) is 7.07. The van der Waals surface area contributed by atoms with E-state index in [4.69, 9.17) is 14.0 Å². The number of rotatable bonds is 10. The van der Waals surface area contributed by atoms with E-state index in [1.807, 2.05) is 6.07 Å². The second-order valence-corrected chi connectivity index (χ2v) is 9.60. The fraction of sp³-hybridized carbons (Fsp3) is 0.333. The normalized spacial score (nSPS) is 15.6. The molecule has 3 aromatic carbocycles. The summed E-state index contributed by atoms with van der Waals surface area (Å²) in [7, 11) is 0. The molecule has 4 aromatic rings. The summed E-state index contributed by atoms with van der Waals surface area (Å²) in [6.07, 6.45) is 1.95. The van der Waals surface area contributed by atoms with Gasteiger partial charge < -0.3 is 18.9 Å². The fourth-order valence-corrected chi connectivity index (χ4v) is 4.99. The van der Waals surface area contributed by atoms with Crippen LogP contribution in [0.1, 0.15) is 53.2 Å². The van der Waals surface area contributed by atoms with Crippen molar-refractivity contribution in [2.75, 3.05) is 33.0 Å². The molecule has 0 bridgehead atoms. The Hall–Kier alpha value is -3.55. The van der Waals surface area contributed by atoms with Crippen LogP contribution in [0.15, 0.2) is 77.3 Å². The first-order chi connectivity index (χ1) is 18.1. The fourth-order valence-electron chi connectivity index (χ4n) is 4.99. The zero-order chi connectivity index (χ0) is 25.6. The smallest absolute Gasteiger partial charge is 0.189 e. The molecule has 5 rings (SSSR count). The Labute approximate surface area is 216 Å². The van der Waals surface area contributed by atoms with E-state index < -0.39 is 0 Å². The minimum absolute atomic E-state index is 0.0299. The number of fused-ring (bicyclic) bond motifs is 1. The van der Waals surface area contributed by atoms with Crippen LogP contribution in [-0.2, 0) is 4.74 Å². The van der Waals surface area contributed by atoms with Crippen molar-refractivity contribution < 1.29 is 23.2 Å². The number of hydrogen-bond acceptors (Lipinski definition) is 6. The molecule has 0 aliphatic carbocycles. The van der Waals surface area contributed by atoms with Crippen LogP contribution in [0, 0.1) is 5.82 Å². The Morgan fingerprint density at radius 2 is 1.84 bits per heavy atom. The lowest BCUT2D eigenvalue weighted by Crippen LogP contribution is -2.37. The van der Waals surface area contributed by atoms with Crippen LogP contribution in [0.3, 0.4) is 0 Å². The molecule has 0 N–H and O–H groups in total. The molecule has 6 nitrogen and oxygen atoms in total. The first kappa shape index (κ1) is 25.1. The highest BCUT2D eigenvalue weighted by molar-refractivity contribution is 5.94. The highest BCUT2D eigenvalue weighted by atomic mass is 19.1. The van der Waals surface area contributed by atoms with Crippen molar-refractivity contribution in [3.8, 4) is 5.75 Å². The molecular formula is C30H31FN2O4. The van der Waals surface area contributed by atoms with Crippen molar-refractivity contribution >= 4 is 16.8 Å². The van der Waals surface area contributed by atoms with Crippen LogP contribution >= 0.6 is 0 Å². The van der Waals surface area contributed by atoms with Crippen LogP contribution in [0.5, 0.6) is 5.75 Å². The van der Waals surface area contributed by atoms with Gasteiger partial charge >= 0.3 is 0 Å². The van der Waals surface area contributed by atoms with E-state index in [0.717, 1.165) is 43.6 Å². The van der Waals surface area contributed by atoms with Crippen molar-refractivity contribution in [3.63, 3.8) is 0 Å². The van der Waals surface area contributed by atoms with E-state index in [0.29, 0.717) is 29.4 Å². The van der Waals surface area contributed by atoms with Gasteiger partial charge in [0, 0.05) is 35.4 Å². The maximum absolute atomic E-state index is 13.5. The van der Waals surface area contributed by atoms with Crippen LogP contribution in [0.25, 0.3) is 11.0 Å². The Morgan fingerprint density at radius 3 is 2.57 bits per heavy atom. The molecule has 37 heavy (non-hydrogen) atoms. The van der Waals surface area contributed by atoms with Crippen LogP contribution < -0.4 is 4.74 Å². The van der Waals surface area contributed by atoms with Crippen molar-refractivity contribution in [1.29, 1.82) is 0 Å². The molecule has 192 valence electrons. The minimum Gasteiger partial charge on any atom is -0.468 e. The third-order valence-electron chi connectivity index (χ3n) is 7.07. The Balaban J connectivity index is 1.15. The van der Waals surface area contributed by atoms with Crippen molar-refractivity contribution in [2.24, 2.45) is 0 Å². The number of halogens is 1. The molecular weight excluding hydrogens is 471 g/mol. The predicted octanol–water partition coefficient (Wildman–Crippen LogP) is 6.19. The number of ether oxygens (including phenoxy) is 2. The number of hydrogen-bond donors (Lipinski definition) is 0. The van der Waals surface area contributed by atoms with Crippen molar-refractivity contribution in [2.45, 2.75) is 31.6 Å². The SMILES string of the molecule is CC(=O)c1ccc(OCOCC(CN2CCC(c3noc4cc(F)ccc34)CC2)c2ccccc2)cc1. The van der Waals surface area contributed by atoms with Gasteiger partial charge in [0.05, 0.1) is 12.3 Å². The summed E-state index contributed by atoms with van der Waals surface area (Å²) >= 11 is 0. The summed E-state index contributed by atoms with van der Waals surface area (Å²) < 4.78 is 30.6. The zero-order valence-electron chi connectivity index (χ0n) is 20.9. The summed E-state index contributed by atoms with van der Waals surface area (Å²) in [5.74, 6) is 0.902. The minimum atomic E-state index is -0.310. The standard InChI is InChI=1S/C30H31FN2O4/c1-21(34)22-7-10-27(11-8-22)36-20-35-19-25(23-5-3-2-4-6-23)18-33-15-13-24(14-16-33)30-28-12-9-26(31)17-29(28)37-32-30/h2-12,17,24-25H,13-16,18-20H2,1H3. The van der Waals surface area contributed by atoms with Gasteiger partial charge in [0.15, 0.2) is 18.2 Å². The zero-order valence-corrected chi connectivity index (χ0v) is 20.9. The maximum atomic E-state index is 13.5. The van der Waals surface area contributed by atoms with Crippen LogP contribution in [0.2, 0.25) is 0 Å². The van der Waals surface area contributed by atoms with Crippen LogP contribution in [0.4, 0.5) is 4.39 Å². The van der Waals surface area contributed by atoms with E-state index in [1.54, 1.807) is 37.3 Å². The molecule has 2 heterocycles. The largest absolute Gasteiger partial charge is 0.468 e. The molecule has 1 aromatic heterocycles. The average molecular weight is 503 g/mol. The summed E-state index contributed by atoms with van der Waals surface area (Å²) in [5.41, 5.74) is 3.34. The second-order valence-electron chi connectivity index (χ2n) is 9.60. The number of benzene rings is 3. The molecule has 0 amide bonds. The van der Waals surface area contributed by atoms with E-state index in [9.17, 15) is 9.18 Å². The molecule has 7 heteroatoms. The molecule has 1 aliphatic rings. The Morgan fingerprint density at radius 1 is 1.08 bits per heavy atom. The summed E-state index contributed by atoms with van der Waals surface area (Å²) in [5, 5.41) is 5.18. The van der Waals surface area contributed by atoms with Gasteiger partial charge in [-0.25, -0.2) is 4.39 Å². The van der Waals surface area contributed by atoms with Crippen LogP contribution in [-0.4, -0.2) is 48.9 Å². The second kappa shape index (κ2) is 11.7. The average Bonchev–Trinajstić information content (AvgIpc) is 3.34. The number of Topliss-reactive ketones (excluding diaryl/α,β-unsaturated/α-hetero) is 1.